The van der Waals surface area contributed by atoms with E-state index in [1.807, 2.05) is 18.2 Å². The molecule has 0 aliphatic heterocycles. The van der Waals surface area contributed by atoms with Crippen molar-refractivity contribution < 1.29 is 13.4 Å². The minimum Gasteiger partial charge on any atom is -0.339 e. The second kappa shape index (κ2) is 9.37. The van der Waals surface area contributed by atoms with Crippen LogP contribution in [0, 0.1) is 5.82 Å². The largest absolute Gasteiger partial charge is 0.339 e. The molecule has 0 radical (unpaired) electrons. The number of hydrogen-bond donors (Lipinski definition) is 3. The maximum absolute atomic E-state index is 13.5. The lowest BCUT2D eigenvalue weighted by atomic mass is 10.00. The van der Waals surface area contributed by atoms with E-state index in [2.05, 4.69) is 20.3 Å². The van der Waals surface area contributed by atoms with Crippen LogP contribution < -0.4 is 11.1 Å². The van der Waals surface area contributed by atoms with E-state index in [-0.39, 0.29) is 11.7 Å². The maximum Gasteiger partial charge on any atom is 0.242 e. The van der Waals surface area contributed by atoms with Crippen LogP contribution in [0.3, 0.4) is 0 Å². The number of hydrogen-bond acceptors (Lipinski definition) is 5. The minimum absolute atomic E-state index is 0.318. The number of halogens is 1. The molecule has 1 aromatic carbocycles. The number of nitrogens with one attached hydrogen (secondary N) is 2. The zero-order valence-electron chi connectivity index (χ0n) is 17.3. The molecule has 3 aromatic heterocycles. The van der Waals surface area contributed by atoms with Crippen molar-refractivity contribution >= 4 is 33.6 Å². The molecule has 0 aliphatic rings. The number of fused-ring (bicyclic) bond motifs is 1. The number of aromatic nitrogens is 3. The van der Waals surface area contributed by atoms with Gasteiger partial charge in [-0.25, -0.2) is 9.37 Å². The van der Waals surface area contributed by atoms with Gasteiger partial charge in [0.1, 0.15) is 17.3 Å². The normalized spacial score (nSPS) is 13.1. The third-order valence-electron chi connectivity index (χ3n) is 5.06. The minimum atomic E-state index is -1.01. The summed E-state index contributed by atoms with van der Waals surface area (Å²) in [5.41, 5.74) is 9.88. The highest BCUT2D eigenvalue weighted by atomic mass is 32.2. The Morgan fingerprint density at radius 3 is 2.53 bits per heavy atom. The van der Waals surface area contributed by atoms with Crippen molar-refractivity contribution in [1.29, 1.82) is 0 Å². The molecule has 3 heterocycles. The van der Waals surface area contributed by atoms with Gasteiger partial charge in [-0.05, 0) is 66.1 Å². The number of H-pyrrole nitrogens is 1. The number of pyridine rings is 2. The van der Waals surface area contributed by atoms with Crippen LogP contribution >= 0.6 is 0 Å². The Hall–Kier alpha value is -3.43. The Morgan fingerprint density at radius 1 is 1.12 bits per heavy atom. The van der Waals surface area contributed by atoms with Gasteiger partial charge in [0, 0.05) is 46.2 Å². The fourth-order valence-electron chi connectivity index (χ4n) is 3.44. The SMILES string of the molecule is CS(=O)CC[C@H](N)C(=O)Nc1ccc2c(-c3ccncc3)c(-c3ccc(F)cc3)[nH]c2n1. The standard InChI is InChI=1S/C23H22FN5O2S/c1-32(31)13-10-18(25)23(30)28-19-7-6-17-20(14-8-11-26-12-9-14)21(29-22(17)27-19)15-2-4-16(24)5-3-15/h2-9,11-12,18H,10,13,25H2,1H3,(H2,27,28,29,30)/t18-,32?/m0/s1. The fourth-order valence-corrected chi connectivity index (χ4v) is 4.02. The lowest BCUT2D eigenvalue weighted by Gasteiger charge is -2.11. The molecule has 164 valence electrons. The second-order valence-electron chi connectivity index (χ2n) is 7.37. The summed E-state index contributed by atoms with van der Waals surface area (Å²) in [4.78, 5) is 24.3. The highest BCUT2D eigenvalue weighted by Gasteiger charge is 2.18. The summed E-state index contributed by atoms with van der Waals surface area (Å²) in [5.74, 6) is 0.000917. The van der Waals surface area contributed by atoms with Gasteiger partial charge in [-0.3, -0.25) is 14.0 Å². The predicted octanol–water partition coefficient (Wildman–Crippen LogP) is 3.47. The quantitative estimate of drug-likeness (QED) is 0.398. The van der Waals surface area contributed by atoms with E-state index < -0.39 is 16.8 Å². The molecule has 2 atom stereocenters. The highest BCUT2D eigenvalue weighted by molar-refractivity contribution is 7.84. The van der Waals surface area contributed by atoms with E-state index >= 15 is 0 Å². The van der Waals surface area contributed by atoms with Crippen LogP contribution in [0.2, 0.25) is 0 Å². The number of carbonyl (C=O) groups is 1. The third kappa shape index (κ3) is 4.74. The number of nitrogens with two attached hydrogens (primary N) is 1. The van der Waals surface area contributed by atoms with E-state index in [1.54, 1.807) is 36.8 Å². The van der Waals surface area contributed by atoms with Gasteiger partial charge in [0.25, 0.3) is 0 Å². The van der Waals surface area contributed by atoms with Crippen molar-refractivity contribution in [3.05, 3.63) is 66.7 Å². The Kier molecular flexibility index (Phi) is 6.38. The Bertz CT molecular complexity index is 1280. The van der Waals surface area contributed by atoms with Crippen molar-refractivity contribution in [2.45, 2.75) is 12.5 Å². The van der Waals surface area contributed by atoms with Crippen LogP contribution in [0.1, 0.15) is 6.42 Å². The monoisotopic (exact) mass is 451 g/mol. The molecule has 0 aliphatic carbocycles. The number of carbonyl (C=O) groups excluding carboxylic acids is 1. The first-order chi connectivity index (χ1) is 15.4. The number of anilines is 1. The van der Waals surface area contributed by atoms with Crippen molar-refractivity contribution in [3.63, 3.8) is 0 Å². The lowest BCUT2D eigenvalue weighted by molar-refractivity contribution is -0.117. The number of aromatic amines is 1. The van der Waals surface area contributed by atoms with E-state index in [0.717, 1.165) is 27.8 Å². The number of benzene rings is 1. The molecule has 4 N–H and O–H groups in total. The highest BCUT2D eigenvalue weighted by Crippen LogP contribution is 2.38. The first-order valence-electron chi connectivity index (χ1n) is 9.98. The van der Waals surface area contributed by atoms with E-state index in [1.165, 1.54) is 12.1 Å². The molecule has 0 spiro atoms. The fraction of sp³-hybridized carbons (Fsp3) is 0.174. The molecule has 0 saturated heterocycles. The Labute approximate surface area is 186 Å². The molecule has 4 rings (SSSR count). The number of amides is 1. The zero-order valence-corrected chi connectivity index (χ0v) is 18.2. The zero-order chi connectivity index (χ0) is 22.7. The summed E-state index contributed by atoms with van der Waals surface area (Å²) < 4.78 is 24.7. The first-order valence-corrected chi connectivity index (χ1v) is 11.7. The van der Waals surface area contributed by atoms with Crippen LogP contribution in [0.25, 0.3) is 33.4 Å². The van der Waals surface area contributed by atoms with Crippen LogP contribution in [-0.2, 0) is 15.6 Å². The predicted molar refractivity (Wildman–Crippen MR) is 125 cm³/mol. The van der Waals surface area contributed by atoms with Crippen LogP contribution in [-0.4, -0.2) is 43.1 Å². The van der Waals surface area contributed by atoms with E-state index in [4.69, 9.17) is 5.73 Å². The molecule has 32 heavy (non-hydrogen) atoms. The topological polar surface area (TPSA) is 114 Å². The summed E-state index contributed by atoms with van der Waals surface area (Å²) in [6.45, 7) is 0. The summed E-state index contributed by atoms with van der Waals surface area (Å²) >= 11 is 0. The molecule has 7 nitrogen and oxygen atoms in total. The van der Waals surface area contributed by atoms with Crippen molar-refractivity contribution in [2.75, 3.05) is 17.3 Å². The smallest absolute Gasteiger partial charge is 0.242 e. The molecule has 0 saturated carbocycles. The summed E-state index contributed by atoms with van der Waals surface area (Å²) in [6.07, 6.45) is 5.30. The Morgan fingerprint density at radius 2 is 1.84 bits per heavy atom. The molecule has 0 fully saturated rings. The maximum atomic E-state index is 13.5. The van der Waals surface area contributed by atoms with Gasteiger partial charge in [0.05, 0.1) is 11.7 Å². The van der Waals surface area contributed by atoms with Gasteiger partial charge in [-0.15, -0.1) is 0 Å². The van der Waals surface area contributed by atoms with Crippen molar-refractivity contribution in [2.24, 2.45) is 5.73 Å². The van der Waals surface area contributed by atoms with Crippen LogP contribution in [0.15, 0.2) is 60.9 Å². The van der Waals surface area contributed by atoms with Gasteiger partial charge in [-0.1, -0.05) is 0 Å². The number of nitrogens with zero attached hydrogens (tertiary/aromatic N) is 2. The van der Waals surface area contributed by atoms with Gasteiger partial charge in [-0.2, -0.15) is 0 Å². The lowest BCUT2D eigenvalue weighted by Crippen LogP contribution is -2.36. The van der Waals surface area contributed by atoms with E-state index in [0.29, 0.717) is 23.6 Å². The van der Waals surface area contributed by atoms with Crippen molar-refractivity contribution in [1.82, 2.24) is 15.0 Å². The van der Waals surface area contributed by atoms with Crippen LogP contribution in [0.5, 0.6) is 0 Å². The van der Waals surface area contributed by atoms with Gasteiger partial charge < -0.3 is 16.0 Å². The summed E-state index contributed by atoms with van der Waals surface area (Å²) in [7, 11) is -1.01. The second-order valence-corrected chi connectivity index (χ2v) is 8.93. The molecule has 9 heteroatoms. The molecule has 1 unspecified atom stereocenters. The average molecular weight is 452 g/mol. The van der Waals surface area contributed by atoms with Gasteiger partial charge in [0.15, 0.2) is 0 Å². The molecule has 4 aromatic rings. The van der Waals surface area contributed by atoms with Gasteiger partial charge >= 0.3 is 0 Å². The average Bonchev–Trinajstić information content (AvgIpc) is 3.17. The van der Waals surface area contributed by atoms with Crippen molar-refractivity contribution in [3.8, 4) is 22.4 Å². The first kappa shape index (κ1) is 21.8. The molecular weight excluding hydrogens is 429 g/mol. The molecule has 1 amide bonds. The molecular formula is C23H22FN5O2S. The molecule has 0 bridgehead atoms. The Balaban J connectivity index is 1.72. The third-order valence-corrected chi connectivity index (χ3v) is 5.87. The van der Waals surface area contributed by atoms with Gasteiger partial charge in [0.2, 0.25) is 5.91 Å². The van der Waals surface area contributed by atoms with Crippen LogP contribution in [0.4, 0.5) is 10.2 Å². The van der Waals surface area contributed by atoms with E-state index in [9.17, 15) is 13.4 Å². The summed E-state index contributed by atoms with van der Waals surface area (Å²) in [6, 6.07) is 12.8. The number of rotatable bonds is 7. The summed E-state index contributed by atoms with van der Waals surface area (Å²) in [5, 5.41) is 3.57.